The summed E-state index contributed by atoms with van der Waals surface area (Å²) in [5, 5.41) is 0. The molecule has 7 heteroatoms. The highest BCUT2D eigenvalue weighted by molar-refractivity contribution is 7.92. The molecule has 0 amide bonds. The van der Waals surface area contributed by atoms with Crippen LogP contribution in [0.1, 0.15) is 15.9 Å². The molecule has 0 radical (unpaired) electrons. The van der Waals surface area contributed by atoms with Crippen molar-refractivity contribution in [3.8, 4) is 11.5 Å². The second kappa shape index (κ2) is 8.14. The van der Waals surface area contributed by atoms with E-state index in [4.69, 9.17) is 4.74 Å². The van der Waals surface area contributed by atoms with Gasteiger partial charge in [-0.15, -0.1) is 0 Å². The molecule has 0 unspecified atom stereocenters. The smallest absolute Gasteiger partial charge is 0.339 e. The van der Waals surface area contributed by atoms with Gasteiger partial charge in [0.2, 0.25) is 0 Å². The Morgan fingerprint density at radius 3 is 2.04 bits per heavy atom. The normalized spacial score (nSPS) is 10.9. The molecular formula is C21H19NO5S. The Labute approximate surface area is 163 Å². The van der Waals surface area contributed by atoms with Crippen molar-refractivity contribution in [2.45, 2.75) is 11.8 Å². The van der Waals surface area contributed by atoms with Crippen LogP contribution in [0.25, 0.3) is 0 Å². The summed E-state index contributed by atoms with van der Waals surface area (Å²) in [6.45, 7) is 1.99. The molecule has 3 aromatic carbocycles. The highest BCUT2D eigenvalue weighted by Gasteiger charge is 2.22. The summed E-state index contributed by atoms with van der Waals surface area (Å²) in [5.41, 5.74) is 1.44. The van der Waals surface area contributed by atoms with Gasteiger partial charge >= 0.3 is 5.97 Å². The summed E-state index contributed by atoms with van der Waals surface area (Å²) < 4.78 is 38.2. The lowest BCUT2D eigenvalue weighted by Gasteiger charge is -2.12. The van der Waals surface area contributed by atoms with Gasteiger partial charge in [-0.2, -0.15) is 0 Å². The largest absolute Gasteiger partial charge is 0.465 e. The molecule has 1 N–H and O–H groups in total. The number of hydrogen-bond acceptors (Lipinski definition) is 5. The fourth-order valence-electron chi connectivity index (χ4n) is 2.52. The van der Waals surface area contributed by atoms with Crippen molar-refractivity contribution in [2.24, 2.45) is 0 Å². The number of esters is 1. The predicted molar refractivity (Wildman–Crippen MR) is 106 cm³/mol. The molecule has 0 aromatic heterocycles. The molecule has 3 rings (SSSR count). The molecule has 0 aliphatic rings. The number of hydrogen-bond donors (Lipinski definition) is 1. The number of carbonyl (C=O) groups excluding carboxylic acids is 1. The van der Waals surface area contributed by atoms with Crippen LogP contribution in [0.5, 0.6) is 11.5 Å². The average molecular weight is 397 g/mol. The second-order valence-electron chi connectivity index (χ2n) is 6.03. The van der Waals surface area contributed by atoms with Gasteiger partial charge in [0.25, 0.3) is 10.0 Å². The van der Waals surface area contributed by atoms with Crippen molar-refractivity contribution in [3.05, 3.63) is 83.9 Å². The first-order chi connectivity index (χ1) is 13.4. The summed E-state index contributed by atoms with van der Waals surface area (Å²) in [5.74, 6) is 0.538. The van der Waals surface area contributed by atoms with Crippen LogP contribution in [0, 0.1) is 6.92 Å². The quantitative estimate of drug-likeness (QED) is 0.625. The number of anilines is 1. The van der Waals surface area contributed by atoms with Crippen molar-refractivity contribution in [3.63, 3.8) is 0 Å². The number of rotatable bonds is 6. The minimum absolute atomic E-state index is 0.0307. The Balaban J connectivity index is 1.78. The first-order valence-electron chi connectivity index (χ1n) is 8.44. The van der Waals surface area contributed by atoms with Gasteiger partial charge in [-0.1, -0.05) is 29.8 Å². The van der Waals surface area contributed by atoms with E-state index in [0.717, 1.165) is 5.56 Å². The van der Waals surface area contributed by atoms with Crippen LogP contribution in [0.3, 0.4) is 0 Å². The van der Waals surface area contributed by atoms with Crippen LogP contribution < -0.4 is 9.46 Å². The van der Waals surface area contributed by atoms with Crippen LogP contribution >= 0.6 is 0 Å². The van der Waals surface area contributed by atoms with Gasteiger partial charge in [-0.05, 0) is 55.5 Å². The van der Waals surface area contributed by atoms with Gasteiger partial charge in [0.05, 0.1) is 12.7 Å². The Kier molecular flexibility index (Phi) is 5.65. The fraction of sp³-hybridized carbons (Fsp3) is 0.0952. The molecule has 144 valence electrons. The number of sulfonamides is 1. The number of ether oxygens (including phenoxy) is 2. The molecule has 0 atom stereocenters. The Hall–Kier alpha value is -3.32. The number of nitrogens with one attached hydrogen (secondary N) is 1. The minimum Gasteiger partial charge on any atom is -0.465 e. The van der Waals surface area contributed by atoms with Crippen molar-refractivity contribution in [1.82, 2.24) is 0 Å². The van der Waals surface area contributed by atoms with E-state index in [2.05, 4.69) is 9.46 Å². The summed E-state index contributed by atoms with van der Waals surface area (Å²) in [4.78, 5) is 11.7. The maximum absolute atomic E-state index is 12.7. The van der Waals surface area contributed by atoms with E-state index in [1.54, 1.807) is 36.4 Å². The lowest BCUT2D eigenvalue weighted by Crippen LogP contribution is -2.17. The lowest BCUT2D eigenvalue weighted by molar-refractivity contribution is 0.0596. The van der Waals surface area contributed by atoms with Crippen molar-refractivity contribution < 1.29 is 22.7 Å². The Morgan fingerprint density at radius 1 is 0.857 bits per heavy atom. The molecular weight excluding hydrogens is 378 g/mol. The fourth-order valence-corrected chi connectivity index (χ4v) is 3.78. The first kappa shape index (κ1) is 19.4. The molecule has 6 nitrogen and oxygen atoms in total. The number of benzene rings is 3. The summed E-state index contributed by atoms with van der Waals surface area (Å²) in [7, 11) is -2.77. The number of carbonyl (C=O) groups is 1. The molecule has 0 bridgehead atoms. The second-order valence-corrected chi connectivity index (χ2v) is 7.68. The molecule has 0 aliphatic carbocycles. The van der Waals surface area contributed by atoms with Crippen LogP contribution in [0.15, 0.2) is 77.7 Å². The maximum Gasteiger partial charge on any atom is 0.339 e. The van der Waals surface area contributed by atoms with Crippen LogP contribution in [0.4, 0.5) is 5.69 Å². The summed E-state index contributed by atoms with van der Waals surface area (Å²) in [6.07, 6.45) is 0. The van der Waals surface area contributed by atoms with Crippen molar-refractivity contribution in [1.29, 1.82) is 0 Å². The van der Waals surface area contributed by atoms with E-state index in [9.17, 15) is 13.2 Å². The van der Waals surface area contributed by atoms with Crippen molar-refractivity contribution in [2.75, 3.05) is 11.8 Å². The summed E-state index contributed by atoms with van der Waals surface area (Å²) >= 11 is 0. The zero-order valence-corrected chi connectivity index (χ0v) is 16.2. The molecule has 0 fully saturated rings. The van der Waals surface area contributed by atoms with E-state index in [1.165, 1.54) is 19.2 Å². The van der Waals surface area contributed by atoms with Gasteiger partial charge in [0.15, 0.2) is 0 Å². The topological polar surface area (TPSA) is 81.7 Å². The molecule has 0 aliphatic heterocycles. The van der Waals surface area contributed by atoms with Crippen molar-refractivity contribution >= 4 is 21.7 Å². The van der Waals surface area contributed by atoms with Gasteiger partial charge in [-0.3, -0.25) is 4.72 Å². The van der Waals surface area contributed by atoms with E-state index in [0.29, 0.717) is 17.2 Å². The number of methoxy groups -OCH3 is 1. The number of aryl methyl sites for hydroxylation is 1. The Morgan fingerprint density at radius 2 is 1.43 bits per heavy atom. The van der Waals surface area contributed by atoms with Gasteiger partial charge in [0, 0.05) is 5.69 Å². The van der Waals surface area contributed by atoms with Gasteiger partial charge in [0.1, 0.15) is 16.4 Å². The van der Waals surface area contributed by atoms with E-state index >= 15 is 0 Å². The molecule has 3 aromatic rings. The van der Waals surface area contributed by atoms with Gasteiger partial charge in [-0.25, -0.2) is 13.2 Å². The van der Waals surface area contributed by atoms with E-state index in [1.807, 2.05) is 31.2 Å². The van der Waals surface area contributed by atoms with Gasteiger partial charge < -0.3 is 9.47 Å². The van der Waals surface area contributed by atoms with E-state index < -0.39 is 16.0 Å². The van der Waals surface area contributed by atoms with Crippen LogP contribution in [0.2, 0.25) is 0 Å². The summed E-state index contributed by atoms with van der Waals surface area (Å²) in [6, 6.07) is 19.9. The average Bonchev–Trinajstić information content (AvgIpc) is 2.70. The molecule has 0 heterocycles. The third-order valence-corrected chi connectivity index (χ3v) is 5.38. The monoisotopic (exact) mass is 397 g/mol. The SMILES string of the molecule is COC(=O)c1ccccc1S(=O)(=O)Nc1ccc(Oc2ccc(C)cc2)cc1. The lowest BCUT2D eigenvalue weighted by atomic mass is 10.2. The third-order valence-electron chi connectivity index (χ3n) is 3.95. The molecule has 28 heavy (non-hydrogen) atoms. The standard InChI is InChI=1S/C21H19NO5S/c1-15-7-11-17(12-8-15)27-18-13-9-16(10-14-18)22-28(24,25)20-6-4-3-5-19(20)21(23)26-2/h3-14,22H,1-2H3. The highest BCUT2D eigenvalue weighted by Crippen LogP contribution is 2.25. The Bertz CT molecular complexity index is 1070. The zero-order valence-electron chi connectivity index (χ0n) is 15.4. The third kappa shape index (κ3) is 4.50. The van der Waals surface area contributed by atoms with Crippen LogP contribution in [-0.4, -0.2) is 21.5 Å². The molecule has 0 saturated heterocycles. The molecule has 0 saturated carbocycles. The zero-order chi connectivity index (χ0) is 20.1. The highest BCUT2D eigenvalue weighted by atomic mass is 32.2. The minimum atomic E-state index is -3.97. The first-order valence-corrected chi connectivity index (χ1v) is 9.92. The molecule has 0 spiro atoms. The maximum atomic E-state index is 12.7. The van der Waals surface area contributed by atoms with E-state index in [-0.39, 0.29) is 10.5 Å². The predicted octanol–water partition coefficient (Wildman–Crippen LogP) is 4.37. The van der Waals surface area contributed by atoms with Crippen LogP contribution in [-0.2, 0) is 14.8 Å².